The van der Waals surface area contributed by atoms with E-state index < -0.39 is 27.4 Å². The second kappa shape index (κ2) is 5.51. The van der Waals surface area contributed by atoms with Gasteiger partial charge in [0.25, 0.3) is 0 Å². The van der Waals surface area contributed by atoms with Crippen molar-refractivity contribution in [1.29, 1.82) is 0 Å². The molecule has 9 heteroatoms. The number of sulfonamides is 1. The number of aromatic nitrogens is 2. The normalized spacial score (nSPS) is 24.0. The van der Waals surface area contributed by atoms with E-state index in [0.717, 1.165) is 4.31 Å². The molecule has 1 saturated carbocycles. The zero-order valence-electron chi connectivity index (χ0n) is 11.8. The lowest BCUT2D eigenvalue weighted by molar-refractivity contribution is -0.181. The molecule has 1 aromatic rings. The van der Waals surface area contributed by atoms with Gasteiger partial charge in [0.05, 0.1) is 23.1 Å². The molecule has 0 spiro atoms. The van der Waals surface area contributed by atoms with Crippen LogP contribution in [0, 0.1) is 5.92 Å². The predicted octanol–water partition coefficient (Wildman–Crippen LogP) is 2.31. The Morgan fingerprint density at radius 2 is 1.86 bits per heavy atom. The van der Waals surface area contributed by atoms with Gasteiger partial charge in [-0.25, -0.2) is 8.42 Å². The number of alkyl halides is 3. The van der Waals surface area contributed by atoms with Crippen molar-refractivity contribution in [3.05, 3.63) is 12.4 Å². The van der Waals surface area contributed by atoms with E-state index in [1.165, 1.54) is 17.9 Å². The van der Waals surface area contributed by atoms with Gasteiger partial charge < -0.3 is 0 Å². The monoisotopic (exact) mass is 325 g/mol. The third-order valence-electron chi connectivity index (χ3n) is 3.99. The van der Waals surface area contributed by atoms with Crippen molar-refractivity contribution < 1.29 is 21.6 Å². The fourth-order valence-corrected chi connectivity index (χ4v) is 4.33. The highest BCUT2D eigenvalue weighted by Crippen LogP contribution is 2.39. The van der Waals surface area contributed by atoms with Gasteiger partial charge in [-0.15, -0.1) is 0 Å². The van der Waals surface area contributed by atoms with Gasteiger partial charge in [-0.1, -0.05) is 0 Å². The van der Waals surface area contributed by atoms with Gasteiger partial charge in [-0.05, 0) is 25.7 Å². The van der Waals surface area contributed by atoms with Crippen LogP contribution in [-0.2, 0) is 17.1 Å². The van der Waals surface area contributed by atoms with E-state index in [0.29, 0.717) is 5.69 Å². The lowest BCUT2D eigenvalue weighted by Gasteiger charge is -2.32. The highest BCUT2D eigenvalue weighted by Gasteiger charge is 2.44. The standard InChI is InChI=1S/C12H18F3N3O2S/c1-17-8-10(7-16-17)18(2)21(19,20)11-5-3-9(4-6-11)12(13,14)15/h7-9,11H,3-6H2,1-2H3. The van der Waals surface area contributed by atoms with E-state index >= 15 is 0 Å². The number of anilines is 1. The molecule has 0 saturated heterocycles. The van der Waals surface area contributed by atoms with Gasteiger partial charge in [0.2, 0.25) is 10.0 Å². The molecule has 0 N–H and O–H groups in total. The summed E-state index contributed by atoms with van der Waals surface area (Å²) >= 11 is 0. The van der Waals surface area contributed by atoms with Crippen LogP contribution in [0.5, 0.6) is 0 Å². The molecule has 0 unspecified atom stereocenters. The first kappa shape index (κ1) is 16.1. The van der Waals surface area contributed by atoms with Crippen LogP contribution in [0.25, 0.3) is 0 Å². The summed E-state index contributed by atoms with van der Waals surface area (Å²) in [6.45, 7) is 0. The first-order chi connectivity index (χ1) is 9.62. The van der Waals surface area contributed by atoms with Crippen LogP contribution in [0.2, 0.25) is 0 Å². The molecule has 1 heterocycles. The molecule has 21 heavy (non-hydrogen) atoms. The molecule has 1 aliphatic carbocycles. The molecule has 0 aliphatic heterocycles. The van der Waals surface area contributed by atoms with Crippen molar-refractivity contribution in [2.45, 2.75) is 37.1 Å². The van der Waals surface area contributed by atoms with E-state index in [2.05, 4.69) is 5.10 Å². The van der Waals surface area contributed by atoms with Crippen LogP contribution in [0.4, 0.5) is 18.9 Å². The van der Waals surface area contributed by atoms with Crippen LogP contribution in [0.15, 0.2) is 12.4 Å². The number of aryl methyl sites for hydroxylation is 1. The Kier molecular flexibility index (Phi) is 4.23. The Morgan fingerprint density at radius 3 is 2.29 bits per heavy atom. The maximum atomic E-state index is 12.6. The average Bonchev–Trinajstić information content (AvgIpc) is 2.83. The summed E-state index contributed by atoms with van der Waals surface area (Å²) in [7, 11) is -0.588. The summed E-state index contributed by atoms with van der Waals surface area (Å²) in [5.74, 6) is -1.38. The summed E-state index contributed by atoms with van der Waals surface area (Å²) in [6.07, 6.45) is -1.45. The number of hydrogen-bond donors (Lipinski definition) is 0. The SMILES string of the molecule is CN(c1cnn(C)c1)S(=O)(=O)C1CCC(C(F)(F)F)CC1. The van der Waals surface area contributed by atoms with Gasteiger partial charge in [0, 0.05) is 20.3 Å². The molecular formula is C12H18F3N3O2S. The maximum absolute atomic E-state index is 12.6. The Bertz CT molecular complexity index is 589. The topological polar surface area (TPSA) is 55.2 Å². The molecule has 120 valence electrons. The number of hydrogen-bond acceptors (Lipinski definition) is 3. The zero-order chi connectivity index (χ0) is 15.8. The van der Waals surface area contributed by atoms with Crippen molar-refractivity contribution in [3.63, 3.8) is 0 Å². The third kappa shape index (κ3) is 3.33. The molecule has 1 aliphatic rings. The lowest BCUT2D eigenvalue weighted by Crippen LogP contribution is -2.40. The molecule has 0 bridgehead atoms. The van der Waals surface area contributed by atoms with Crippen molar-refractivity contribution in [1.82, 2.24) is 9.78 Å². The minimum Gasteiger partial charge on any atom is -0.274 e. The highest BCUT2D eigenvalue weighted by atomic mass is 32.2. The zero-order valence-corrected chi connectivity index (χ0v) is 12.7. The largest absolute Gasteiger partial charge is 0.391 e. The molecule has 1 aromatic heterocycles. The molecule has 2 rings (SSSR count). The first-order valence-electron chi connectivity index (χ1n) is 6.65. The van der Waals surface area contributed by atoms with Crippen LogP contribution in [0.3, 0.4) is 0 Å². The Morgan fingerprint density at radius 1 is 1.29 bits per heavy atom. The van der Waals surface area contributed by atoms with Crippen LogP contribution in [-0.4, -0.2) is 36.7 Å². The number of rotatable bonds is 3. The van der Waals surface area contributed by atoms with Crippen LogP contribution in [0.1, 0.15) is 25.7 Å². The van der Waals surface area contributed by atoms with E-state index in [1.807, 2.05) is 0 Å². The van der Waals surface area contributed by atoms with E-state index in [9.17, 15) is 21.6 Å². The highest BCUT2D eigenvalue weighted by molar-refractivity contribution is 7.93. The van der Waals surface area contributed by atoms with Crippen LogP contribution >= 0.6 is 0 Å². The molecular weight excluding hydrogens is 307 g/mol. The number of nitrogens with zero attached hydrogens (tertiary/aromatic N) is 3. The summed E-state index contributed by atoms with van der Waals surface area (Å²) in [5.41, 5.74) is 0.412. The Balaban J connectivity index is 2.08. The van der Waals surface area contributed by atoms with E-state index in [4.69, 9.17) is 0 Å². The molecule has 0 amide bonds. The fraction of sp³-hybridized carbons (Fsp3) is 0.750. The second-order valence-electron chi connectivity index (χ2n) is 5.40. The molecule has 0 radical (unpaired) electrons. The smallest absolute Gasteiger partial charge is 0.274 e. The van der Waals surface area contributed by atoms with Crippen molar-refractivity contribution in [2.24, 2.45) is 13.0 Å². The summed E-state index contributed by atoms with van der Waals surface area (Å²) < 4.78 is 65.4. The molecule has 0 atom stereocenters. The second-order valence-corrected chi connectivity index (χ2v) is 7.64. The molecule has 1 fully saturated rings. The van der Waals surface area contributed by atoms with E-state index in [1.54, 1.807) is 13.2 Å². The van der Waals surface area contributed by atoms with Crippen molar-refractivity contribution in [2.75, 3.05) is 11.4 Å². The number of halogens is 3. The van der Waals surface area contributed by atoms with Crippen molar-refractivity contribution >= 4 is 15.7 Å². The Hall–Kier alpha value is -1.25. The van der Waals surface area contributed by atoms with Gasteiger partial charge in [-0.2, -0.15) is 18.3 Å². The summed E-state index contributed by atoms with van der Waals surface area (Å²) in [5, 5.41) is 3.14. The van der Waals surface area contributed by atoms with E-state index in [-0.39, 0.29) is 25.7 Å². The minimum atomic E-state index is -4.23. The van der Waals surface area contributed by atoms with Gasteiger partial charge >= 0.3 is 6.18 Å². The van der Waals surface area contributed by atoms with Crippen molar-refractivity contribution in [3.8, 4) is 0 Å². The van der Waals surface area contributed by atoms with Crippen LogP contribution < -0.4 is 4.31 Å². The predicted molar refractivity (Wildman–Crippen MR) is 72.3 cm³/mol. The molecule has 0 aromatic carbocycles. The first-order valence-corrected chi connectivity index (χ1v) is 8.16. The summed E-state index contributed by atoms with van der Waals surface area (Å²) in [6, 6.07) is 0. The molecule has 5 nitrogen and oxygen atoms in total. The van der Waals surface area contributed by atoms with Gasteiger partial charge in [-0.3, -0.25) is 8.99 Å². The quantitative estimate of drug-likeness (QED) is 0.857. The Labute approximate surface area is 121 Å². The lowest BCUT2D eigenvalue weighted by atomic mass is 9.88. The minimum absolute atomic E-state index is 0.0388. The van der Waals surface area contributed by atoms with Gasteiger partial charge in [0.15, 0.2) is 0 Å². The average molecular weight is 325 g/mol. The third-order valence-corrected chi connectivity index (χ3v) is 6.28. The fourth-order valence-electron chi connectivity index (χ4n) is 2.63. The maximum Gasteiger partial charge on any atom is 0.391 e. The summed E-state index contributed by atoms with van der Waals surface area (Å²) in [4.78, 5) is 0. The van der Waals surface area contributed by atoms with Gasteiger partial charge in [0.1, 0.15) is 0 Å².